The Balaban J connectivity index is 1.91. The lowest BCUT2D eigenvalue weighted by molar-refractivity contribution is -0.126. The molecule has 0 fully saturated rings. The number of rotatable bonds is 5. The molecule has 23 heavy (non-hydrogen) atoms. The maximum Gasteiger partial charge on any atom is 0.223 e. The summed E-state index contributed by atoms with van der Waals surface area (Å²) in [6.07, 6.45) is 0.0223. The quantitative estimate of drug-likeness (QED) is 0.882. The summed E-state index contributed by atoms with van der Waals surface area (Å²) in [6.45, 7) is 8.39. The second-order valence-corrected chi connectivity index (χ2v) is 7.91. The Bertz CT molecular complexity index is 657. The highest BCUT2D eigenvalue weighted by atomic mass is 32.1. The molecule has 0 saturated heterocycles. The lowest BCUT2D eigenvalue weighted by atomic mass is 9.92. The van der Waals surface area contributed by atoms with Gasteiger partial charge in [0.15, 0.2) is 0 Å². The molecule has 0 saturated carbocycles. The van der Waals surface area contributed by atoms with E-state index in [0.29, 0.717) is 6.54 Å². The number of aromatic nitrogens is 1. The molecule has 4 nitrogen and oxygen atoms in total. The molecule has 0 bridgehead atoms. The zero-order chi connectivity index (χ0) is 17.1. The number of aliphatic hydroxyl groups is 1. The molecular weight excluding hydrogens is 308 g/mol. The first-order valence-electron chi connectivity index (χ1n) is 7.68. The number of hydrogen-bond donors (Lipinski definition) is 2. The van der Waals surface area contributed by atoms with Crippen LogP contribution in [-0.2, 0) is 22.4 Å². The summed E-state index contributed by atoms with van der Waals surface area (Å²) in [5.41, 5.74) is 0.600. The van der Waals surface area contributed by atoms with Gasteiger partial charge in [-0.2, -0.15) is 0 Å². The van der Waals surface area contributed by atoms with Crippen molar-refractivity contribution >= 4 is 17.2 Å². The van der Waals surface area contributed by atoms with Crippen LogP contribution in [0.5, 0.6) is 0 Å². The van der Waals surface area contributed by atoms with E-state index in [1.807, 2.05) is 35.7 Å². The van der Waals surface area contributed by atoms with Gasteiger partial charge in [0.05, 0.1) is 24.3 Å². The molecule has 1 unspecified atom stereocenters. The van der Waals surface area contributed by atoms with Crippen molar-refractivity contribution in [2.45, 2.75) is 51.7 Å². The highest BCUT2D eigenvalue weighted by Crippen LogP contribution is 2.25. The van der Waals surface area contributed by atoms with Crippen LogP contribution in [0, 0.1) is 0 Å². The smallest absolute Gasteiger partial charge is 0.223 e. The van der Waals surface area contributed by atoms with E-state index in [4.69, 9.17) is 0 Å². The Morgan fingerprint density at radius 3 is 2.43 bits per heavy atom. The van der Waals surface area contributed by atoms with Crippen molar-refractivity contribution in [3.05, 3.63) is 52.0 Å². The summed E-state index contributed by atoms with van der Waals surface area (Å²) in [5, 5.41) is 16.2. The van der Waals surface area contributed by atoms with Crippen LogP contribution in [0.4, 0.5) is 0 Å². The second kappa shape index (κ2) is 6.81. The molecule has 1 aromatic carbocycles. The van der Waals surface area contributed by atoms with Crippen molar-refractivity contribution in [2.24, 2.45) is 0 Å². The first-order chi connectivity index (χ1) is 10.7. The molecule has 0 spiro atoms. The van der Waals surface area contributed by atoms with Gasteiger partial charge in [0, 0.05) is 10.8 Å². The Hall–Kier alpha value is -1.72. The number of amides is 1. The van der Waals surface area contributed by atoms with E-state index in [-0.39, 0.29) is 17.7 Å². The van der Waals surface area contributed by atoms with Crippen molar-refractivity contribution in [2.75, 3.05) is 0 Å². The van der Waals surface area contributed by atoms with Gasteiger partial charge in [0.1, 0.15) is 5.01 Å². The number of hydrogen-bond acceptors (Lipinski definition) is 4. The van der Waals surface area contributed by atoms with Crippen LogP contribution in [0.2, 0.25) is 0 Å². The summed E-state index contributed by atoms with van der Waals surface area (Å²) >= 11 is 1.54. The van der Waals surface area contributed by atoms with Gasteiger partial charge < -0.3 is 10.4 Å². The minimum Gasteiger partial charge on any atom is -0.385 e. The minimum absolute atomic E-state index is 0.00966. The third kappa shape index (κ3) is 4.88. The van der Waals surface area contributed by atoms with E-state index < -0.39 is 5.60 Å². The standard InChI is InChI=1S/C18H24N2O2S/c1-17(2,3)14-12-23-16(20-14)11-19-15(21)10-18(4,22)13-8-6-5-7-9-13/h5-9,12,22H,10-11H2,1-4H3,(H,19,21). The lowest BCUT2D eigenvalue weighted by Gasteiger charge is -2.23. The van der Waals surface area contributed by atoms with Crippen LogP contribution in [0.25, 0.3) is 0 Å². The molecule has 1 atom stereocenters. The van der Waals surface area contributed by atoms with Gasteiger partial charge in [-0.05, 0) is 12.5 Å². The summed E-state index contributed by atoms with van der Waals surface area (Å²) < 4.78 is 0. The average molecular weight is 332 g/mol. The summed E-state index contributed by atoms with van der Waals surface area (Å²) in [7, 11) is 0. The van der Waals surface area contributed by atoms with Gasteiger partial charge in [0.25, 0.3) is 0 Å². The summed E-state index contributed by atoms with van der Waals surface area (Å²) in [4.78, 5) is 16.7. The third-order valence-corrected chi connectivity index (χ3v) is 4.51. The van der Waals surface area contributed by atoms with Crippen molar-refractivity contribution in [3.63, 3.8) is 0 Å². The third-order valence-electron chi connectivity index (χ3n) is 3.66. The Kier molecular flexibility index (Phi) is 5.22. The number of nitrogens with zero attached hydrogens (tertiary/aromatic N) is 1. The van der Waals surface area contributed by atoms with Crippen LogP contribution in [0.15, 0.2) is 35.7 Å². The average Bonchev–Trinajstić information content (AvgIpc) is 2.95. The Labute approximate surface area is 141 Å². The fourth-order valence-corrected chi connectivity index (χ4v) is 3.15. The maximum atomic E-state index is 12.1. The van der Waals surface area contributed by atoms with Crippen molar-refractivity contribution < 1.29 is 9.90 Å². The maximum absolute atomic E-state index is 12.1. The zero-order valence-electron chi connectivity index (χ0n) is 14.1. The topological polar surface area (TPSA) is 62.2 Å². The lowest BCUT2D eigenvalue weighted by Crippen LogP contribution is -2.32. The minimum atomic E-state index is -1.18. The predicted octanol–water partition coefficient (Wildman–Crippen LogP) is 3.35. The summed E-state index contributed by atoms with van der Waals surface area (Å²) in [6, 6.07) is 9.24. The molecule has 124 valence electrons. The van der Waals surface area contributed by atoms with Gasteiger partial charge in [0.2, 0.25) is 5.91 Å². The van der Waals surface area contributed by atoms with Crippen LogP contribution in [0.3, 0.4) is 0 Å². The van der Waals surface area contributed by atoms with E-state index >= 15 is 0 Å². The van der Waals surface area contributed by atoms with Gasteiger partial charge >= 0.3 is 0 Å². The first-order valence-corrected chi connectivity index (χ1v) is 8.56. The molecule has 0 aliphatic rings. The molecule has 0 aliphatic carbocycles. The van der Waals surface area contributed by atoms with Gasteiger partial charge in [-0.3, -0.25) is 4.79 Å². The number of thiazole rings is 1. The number of carbonyl (C=O) groups is 1. The molecule has 1 amide bonds. The zero-order valence-corrected chi connectivity index (χ0v) is 14.9. The highest BCUT2D eigenvalue weighted by Gasteiger charge is 2.26. The first kappa shape index (κ1) is 17.6. The number of carbonyl (C=O) groups excluding carboxylic acids is 1. The van der Waals surface area contributed by atoms with Crippen molar-refractivity contribution in [1.82, 2.24) is 10.3 Å². The normalized spacial score (nSPS) is 14.3. The van der Waals surface area contributed by atoms with Crippen molar-refractivity contribution in [1.29, 1.82) is 0 Å². The Morgan fingerprint density at radius 2 is 1.87 bits per heavy atom. The van der Waals surface area contributed by atoms with Gasteiger partial charge in [-0.15, -0.1) is 11.3 Å². The molecule has 2 N–H and O–H groups in total. The number of benzene rings is 1. The van der Waals surface area contributed by atoms with Crippen LogP contribution >= 0.6 is 11.3 Å². The fourth-order valence-electron chi connectivity index (χ4n) is 2.19. The molecular formula is C18H24N2O2S. The van der Waals surface area contributed by atoms with Gasteiger partial charge in [-0.1, -0.05) is 51.1 Å². The van der Waals surface area contributed by atoms with E-state index in [0.717, 1.165) is 16.3 Å². The van der Waals surface area contributed by atoms with Gasteiger partial charge in [-0.25, -0.2) is 4.98 Å². The molecule has 2 rings (SSSR count). The van der Waals surface area contributed by atoms with E-state index in [2.05, 4.69) is 31.1 Å². The molecule has 5 heteroatoms. The van der Waals surface area contributed by atoms with Crippen LogP contribution in [0.1, 0.15) is 50.4 Å². The number of nitrogens with one attached hydrogen (secondary N) is 1. The molecule has 0 aliphatic heterocycles. The molecule has 1 heterocycles. The second-order valence-electron chi connectivity index (χ2n) is 6.97. The van der Waals surface area contributed by atoms with E-state index in [9.17, 15) is 9.90 Å². The monoisotopic (exact) mass is 332 g/mol. The molecule has 1 aromatic heterocycles. The highest BCUT2D eigenvalue weighted by molar-refractivity contribution is 7.09. The van der Waals surface area contributed by atoms with E-state index in [1.54, 1.807) is 18.3 Å². The predicted molar refractivity (Wildman–Crippen MR) is 93.3 cm³/mol. The summed E-state index contributed by atoms with van der Waals surface area (Å²) in [5.74, 6) is -0.189. The van der Waals surface area contributed by atoms with Crippen molar-refractivity contribution in [3.8, 4) is 0 Å². The molecule has 2 aromatic rings. The Morgan fingerprint density at radius 1 is 1.22 bits per heavy atom. The SMILES string of the molecule is CC(C)(C)c1csc(CNC(=O)CC(C)(O)c2ccccc2)n1. The van der Waals surface area contributed by atoms with Crippen LogP contribution in [-0.4, -0.2) is 16.0 Å². The largest absolute Gasteiger partial charge is 0.385 e. The fraction of sp³-hybridized carbons (Fsp3) is 0.444. The van der Waals surface area contributed by atoms with Crippen LogP contribution < -0.4 is 5.32 Å². The molecule has 0 radical (unpaired) electrons. The van der Waals surface area contributed by atoms with E-state index in [1.165, 1.54) is 0 Å².